The summed E-state index contributed by atoms with van der Waals surface area (Å²) < 4.78 is 31.4. The van der Waals surface area contributed by atoms with E-state index in [-0.39, 0.29) is 38.2 Å². The highest BCUT2D eigenvalue weighted by Gasteiger charge is 2.38. The number of hydrogen-bond acceptors (Lipinski definition) is 9. The number of nitrogens with two attached hydrogens (primary N) is 1. The second-order valence-corrected chi connectivity index (χ2v) is 15.4. The van der Waals surface area contributed by atoms with Crippen molar-refractivity contribution in [3.05, 3.63) is 95.8 Å². The summed E-state index contributed by atoms with van der Waals surface area (Å²) in [4.78, 5) is 103. The van der Waals surface area contributed by atoms with Gasteiger partial charge in [0.1, 0.15) is 36.9 Å². The number of primary amides is 1. The Morgan fingerprint density at radius 2 is 1.52 bits per heavy atom. The molecule has 4 rings (SSSR count). The number of nitrogens with one attached hydrogen (secondary N) is 4. The van der Waals surface area contributed by atoms with Crippen molar-refractivity contribution in [3.63, 3.8) is 0 Å². The largest absolute Gasteiger partial charge is 0.387 e. The van der Waals surface area contributed by atoms with E-state index in [0.717, 1.165) is 47.7 Å². The number of hydrogen-bond donors (Lipinski definition) is 6. The average Bonchev–Trinajstić information content (AvgIpc) is 3.74. The maximum absolute atomic E-state index is 15.2. The minimum Gasteiger partial charge on any atom is -0.387 e. The predicted octanol–water partition coefficient (Wildman–Crippen LogP) is 0.802. The summed E-state index contributed by atoms with van der Waals surface area (Å²) in [7, 11) is 0. The Labute approximate surface area is 350 Å². The number of benzene rings is 2. The van der Waals surface area contributed by atoms with Gasteiger partial charge in [0.25, 0.3) is 11.8 Å². The number of halogens is 2. The third kappa shape index (κ3) is 13.1. The molecule has 326 valence electrons. The van der Waals surface area contributed by atoms with E-state index in [2.05, 4.69) is 21.3 Å². The van der Waals surface area contributed by atoms with Crippen molar-refractivity contribution in [1.29, 1.82) is 0 Å². The second kappa shape index (κ2) is 21.0. The van der Waals surface area contributed by atoms with Gasteiger partial charge in [-0.15, -0.1) is 0 Å². The van der Waals surface area contributed by atoms with Crippen molar-refractivity contribution >= 4 is 47.3 Å². The zero-order chi connectivity index (χ0) is 45.0. The molecule has 0 saturated carbocycles. The highest BCUT2D eigenvalue weighted by Crippen LogP contribution is 2.41. The van der Waals surface area contributed by atoms with Gasteiger partial charge in [0.05, 0.1) is 12.5 Å². The van der Waals surface area contributed by atoms with E-state index < -0.39 is 102 Å². The summed E-state index contributed by atoms with van der Waals surface area (Å²) in [5.74, 6) is -7.50. The molecule has 2 aromatic carbocycles. The quantitative estimate of drug-likeness (QED) is 0.0695. The van der Waals surface area contributed by atoms with Crippen molar-refractivity contribution in [1.82, 2.24) is 35.6 Å². The van der Waals surface area contributed by atoms with Crippen molar-refractivity contribution < 1.29 is 52.2 Å². The van der Waals surface area contributed by atoms with Crippen LogP contribution >= 0.6 is 0 Å². The maximum atomic E-state index is 15.2. The number of amides is 8. The van der Waals surface area contributed by atoms with Crippen LogP contribution in [0.3, 0.4) is 0 Å². The third-order valence-corrected chi connectivity index (χ3v) is 9.57. The molecule has 1 aliphatic rings. The lowest BCUT2D eigenvalue weighted by Gasteiger charge is -2.41. The molecule has 0 unspecified atom stereocenters. The van der Waals surface area contributed by atoms with Crippen molar-refractivity contribution in [2.75, 3.05) is 32.8 Å². The van der Waals surface area contributed by atoms with Gasteiger partial charge in [-0.25, -0.2) is 8.78 Å². The smallest absolute Gasteiger partial charge is 0.254 e. The van der Waals surface area contributed by atoms with E-state index in [9.17, 15) is 47.9 Å². The van der Waals surface area contributed by atoms with Gasteiger partial charge in [0.2, 0.25) is 35.4 Å². The molecule has 0 aliphatic carbocycles. The minimum atomic E-state index is -1.48. The van der Waals surface area contributed by atoms with Crippen LogP contribution in [0.15, 0.2) is 72.9 Å². The summed E-state index contributed by atoms with van der Waals surface area (Å²) in [5, 5.41) is 20.2. The topological polar surface area (TPSA) is 242 Å². The number of rotatable bonds is 20. The van der Waals surface area contributed by atoms with Gasteiger partial charge in [0.15, 0.2) is 0 Å². The number of aliphatic hydroxyl groups is 1. The Morgan fingerprint density at radius 3 is 2.13 bits per heavy atom. The summed E-state index contributed by atoms with van der Waals surface area (Å²) in [6.07, 6.45) is 2.77. The predicted molar refractivity (Wildman–Crippen MR) is 216 cm³/mol. The maximum Gasteiger partial charge on any atom is 0.254 e. The third-order valence-electron chi connectivity index (χ3n) is 9.57. The van der Waals surface area contributed by atoms with Crippen molar-refractivity contribution in [2.45, 2.75) is 65.2 Å². The van der Waals surface area contributed by atoms with Gasteiger partial charge in [-0.2, -0.15) is 0 Å². The Bertz CT molecular complexity index is 2140. The molecule has 17 nitrogen and oxygen atoms in total. The van der Waals surface area contributed by atoms with Crippen molar-refractivity contribution in [3.8, 4) is 11.1 Å². The molecule has 19 heteroatoms. The molecule has 8 amide bonds. The highest BCUT2D eigenvalue weighted by atomic mass is 19.1. The number of nitrogens with zero attached hydrogens (tertiary/aromatic N) is 3. The normalized spacial score (nSPS) is 13.9. The van der Waals surface area contributed by atoms with Crippen LogP contribution in [0, 0.1) is 17.0 Å². The van der Waals surface area contributed by atoms with Gasteiger partial charge >= 0.3 is 0 Å². The molecule has 3 atom stereocenters. The SMILES string of the molecule is CC(=O)N[C@@H](CC(N)=O)C(=O)N[C@@H](CCN(C(=O)CO)[C@@H](c1cc(-c2cc(F)ccc2F)cn1Cc1ccccc1)C(C)(C)C)C(=O)NCCNC(=O)CN1C(=O)C=CC1=O. The van der Waals surface area contributed by atoms with E-state index in [0.29, 0.717) is 11.3 Å². The molecule has 0 fully saturated rings. The molecule has 1 aliphatic heterocycles. The standard InChI is InChI=1S/C42H50F2N8O9/c1-25(54)48-32(20-34(45)55)41(61)49-31(40(60)47-16-15-46-35(56)23-52-36(57)12-13-37(52)58)14-17-51(38(59)24-53)39(42(2,3)4)33-18-27(29-19-28(43)10-11-30(29)44)22-50(33)21-26-8-6-5-7-9-26/h5-13,18-19,22,31-32,39,53H,14-17,20-21,23-24H2,1-4H3,(H2,45,55)(H,46,56)(H,47,60)(H,48,54)(H,49,61)/t31-,32-,39-/m0/s1. The fourth-order valence-electron chi connectivity index (χ4n) is 6.86. The zero-order valence-corrected chi connectivity index (χ0v) is 34.2. The van der Waals surface area contributed by atoms with E-state index >= 15 is 4.39 Å². The molecule has 0 bridgehead atoms. The van der Waals surface area contributed by atoms with Crippen LogP contribution in [0.2, 0.25) is 0 Å². The lowest BCUT2D eigenvalue weighted by atomic mass is 9.82. The van der Waals surface area contributed by atoms with Gasteiger partial charge in [-0.3, -0.25) is 43.3 Å². The molecule has 1 aromatic heterocycles. The first-order valence-electron chi connectivity index (χ1n) is 19.3. The molecule has 2 heterocycles. The summed E-state index contributed by atoms with van der Waals surface area (Å²) in [6, 6.07) is 10.1. The average molecular weight is 849 g/mol. The highest BCUT2D eigenvalue weighted by molar-refractivity contribution is 6.14. The van der Waals surface area contributed by atoms with Crippen LogP contribution in [0.5, 0.6) is 0 Å². The summed E-state index contributed by atoms with van der Waals surface area (Å²) >= 11 is 0. The van der Waals surface area contributed by atoms with Crippen LogP contribution in [-0.4, -0.2) is 112 Å². The fourth-order valence-corrected chi connectivity index (χ4v) is 6.86. The Hall–Kier alpha value is -6.76. The van der Waals surface area contributed by atoms with Crippen LogP contribution in [-0.2, 0) is 44.9 Å². The molecule has 0 saturated heterocycles. The van der Waals surface area contributed by atoms with Crippen LogP contribution in [0.25, 0.3) is 11.1 Å². The molecule has 61 heavy (non-hydrogen) atoms. The van der Waals surface area contributed by atoms with Crippen LogP contribution in [0.4, 0.5) is 8.78 Å². The monoisotopic (exact) mass is 848 g/mol. The van der Waals surface area contributed by atoms with Crippen LogP contribution in [0.1, 0.15) is 57.8 Å². The first-order chi connectivity index (χ1) is 28.8. The molecule has 3 aromatic rings. The minimum absolute atomic E-state index is 0.0314. The number of imide groups is 1. The van der Waals surface area contributed by atoms with Gasteiger partial charge < -0.3 is 41.6 Å². The van der Waals surface area contributed by atoms with Gasteiger partial charge in [-0.05, 0) is 41.7 Å². The molecule has 0 radical (unpaired) electrons. The van der Waals surface area contributed by atoms with Crippen LogP contribution < -0.4 is 27.0 Å². The number of aliphatic hydroxyl groups excluding tert-OH is 1. The van der Waals surface area contributed by atoms with E-state index in [4.69, 9.17) is 5.73 Å². The first kappa shape index (κ1) is 46.9. The molecular formula is C42H50F2N8O9. The summed E-state index contributed by atoms with van der Waals surface area (Å²) in [6.45, 7) is 4.64. The first-order valence-corrected chi connectivity index (χ1v) is 19.3. The van der Waals surface area contributed by atoms with E-state index in [1.165, 1.54) is 4.90 Å². The Kier molecular flexibility index (Phi) is 16.1. The molecular weight excluding hydrogens is 799 g/mol. The second-order valence-electron chi connectivity index (χ2n) is 15.4. The zero-order valence-electron chi connectivity index (χ0n) is 34.2. The molecule has 7 N–H and O–H groups in total. The number of aromatic nitrogens is 1. The fraction of sp³-hybridized carbons (Fsp3) is 0.381. The Morgan fingerprint density at radius 1 is 0.869 bits per heavy atom. The molecule has 0 spiro atoms. The van der Waals surface area contributed by atoms with Crippen molar-refractivity contribution in [2.24, 2.45) is 11.1 Å². The van der Waals surface area contributed by atoms with Gasteiger partial charge in [0, 0.05) is 68.3 Å². The number of carbonyl (C=O) groups excluding carboxylic acids is 8. The lowest BCUT2D eigenvalue weighted by Crippen LogP contribution is -2.56. The Balaban J connectivity index is 1.67. The van der Waals surface area contributed by atoms with E-state index in [1.54, 1.807) is 16.8 Å². The summed E-state index contributed by atoms with van der Waals surface area (Å²) in [5.41, 5.74) is 6.08. The lowest BCUT2D eigenvalue weighted by molar-refractivity contribution is -0.141. The number of carbonyl (C=O) groups is 8. The van der Waals surface area contributed by atoms with Gasteiger partial charge in [-0.1, -0.05) is 51.1 Å². The van der Waals surface area contributed by atoms with E-state index in [1.807, 2.05) is 51.1 Å².